The van der Waals surface area contributed by atoms with Gasteiger partial charge in [0.25, 0.3) is 5.56 Å². The van der Waals surface area contributed by atoms with Gasteiger partial charge in [-0.25, -0.2) is 4.99 Å². The Bertz CT molecular complexity index is 2010. The van der Waals surface area contributed by atoms with Crippen LogP contribution in [0.1, 0.15) is 51.7 Å². The topological polar surface area (TPSA) is 39.3 Å². The lowest BCUT2D eigenvalue weighted by molar-refractivity contribution is 0.585. The van der Waals surface area contributed by atoms with Crippen LogP contribution >= 0.6 is 27.3 Å². The summed E-state index contributed by atoms with van der Waals surface area (Å²) in [5, 5.41) is 0. The quantitative estimate of drug-likeness (QED) is 0.223. The number of hydrogen-bond donors (Lipinski definition) is 0. The Hall–Kier alpha value is -3.74. The van der Waals surface area contributed by atoms with Gasteiger partial charge in [0.15, 0.2) is 4.80 Å². The van der Waals surface area contributed by atoms with Crippen LogP contribution in [-0.4, -0.2) is 9.13 Å². The first-order chi connectivity index (χ1) is 19.4. The van der Waals surface area contributed by atoms with Crippen molar-refractivity contribution >= 4 is 39.0 Å². The van der Waals surface area contributed by atoms with E-state index < -0.39 is 0 Å². The summed E-state index contributed by atoms with van der Waals surface area (Å²) in [5.74, 6) is 0. The molecule has 0 unspecified atom stereocenters. The van der Waals surface area contributed by atoms with Crippen molar-refractivity contribution in [2.45, 2.75) is 39.7 Å². The van der Waals surface area contributed by atoms with Gasteiger partial charge in [-0.1, -0.05) is 81.4 Å². The Balaban J connectivity index is 1.43. The lowest BCUT2D eigenvalue weighted by Crippen LogP contribution is -2.38. The molecule has 0 bridgehead atoms. The third-order valence-electron chi connectivity index (χ3n) is 8.11. The van der Waals surface area contributed by atoms with Crippen molar-refractivity contribution in [3.05, 3.63) is 148 Å². The van der Waals surface area contributed by atoms with Gasteiger partial charge in [-0.15, -0.1) is 0 Å². The van der Waals surface area contributed by atoms with E-state index in [-0.39, 0.29) is 11.6 Å². The molecule has 0 radical (unpaired) electrons. The first-order valence-corrected chi connectivity index (χ1v) is 15.1. The summed E-state index contributed by atoms with van der Waals surface area (Å²) in [6.07, 6.45) is 3.89. The highest BCUT2D eigenvalue weighted by Gasteiger charge is 2.32. The molecule has 3 aromatic carbocycles. The van der Waals surface area contributed by atoms with Crippen LogP contribution in [0.4, 0.5) is 0 Å². The Morgan fingerprint density at radius 1 is 0.950 bits per heavy atom. The molecule has 1 atom stereocenters. The summed E-state index contributed by atoms with van der Waals surface area (Å²) in [6.45, 7) is 6.34. The molecule has 40 heavy (non-hydrogen) atoms. The Morgan fingerprint density at radius 2 is 1.70 bits per heavy atom. The van der Waals surface area contributed by atoms with Crippen molar-refractivity contribution in [2.24, 2.45) is 4.99 Å². The number of aromatic nitrogens is 2. The SMILES string of the molecule is Cc1ccc(-n2c(C)cc(/C=c3/sc4n(c3=O)[C@@H](c3ccc(Br)cc3)C3=C(N=4)c4ccccc4CC3)c2C)cc1. The summed E-state index contributed by atoms with van der Waals surface area (Å²) in [4.78, 5) is 20.1. The van der Waals surface area contributed by atoms with Gasteiger partial charge in [0, 0.05) is 27.1 Å². The van der Waals surface area contributed by atoms with Crippen molar-refractivity contribution in [3.8, 4) is 5.69 Å². The highest BCUT2D eigenvalue weighted by Crippen LogP contribution is 2.41. The number of thiazole rings is 1. The largest absolute Gasteiger partial charge is 0.318 e. The standard InChI is InChI=1S/C34H28BrN3OS/c1-20-8-15-27(16-9-20)37-21(2)18-25(22(37)3)19-30-33(39)38-32(24-10-13-26(35)14-11-24)29-17-12-23-6-4-5-7-28(23)31(29)36-34(38)40-30/h4-11,13-16,18-19,32H,12,17H2,1-3H3/b30-19+/t32-/m0/s1. The molecular weight excluding hydrogens is 578 g/mol. The average Bonchev–Trinajstić information content (AvgIpc) is 3.42. The fraction of sp³-hybridized carbons (Fsp3) is 0.176. The van der Waals surface area contributed by atoms with Crippen molar-refractivity contribution in [1.82, 2.24) is 9.13 Å². The predicted octanol–water partition coefficient (Wildman–Crippen LogP) is 6.80. The van der Waals surface area contributed by atoms with E-state index in [0.717, 1.165) is 56.0 Å². The minimum Gasteiger partial charge on any atom is -0.318 e. The second kappa shape index (κ2) is 9.72. The van der Waals surface area contributed by atoms with Crippen LogP contribution in [0.25, 0.3) is 17.5 Å². The third-order valence-corrected chi connectivity index (χ3v) is 9.62. The number of fused-ring (bicyclic) bond motifs is 3. The number of hydrogen-bond acceptors (Lipinski definition) is 3. The van der Waals surface area contributed by atoms with Crippen LogP contribution in [0.3, 0.4) is 0 Å². The number of rotatable bonds is 3. The van der Waals surface area contributed by atoms with E-state index in [2.05, 4.69) is 120 Å². The van der Waals surface area contributed by atoms with Gasteiger partial charge >= 0.3 is 0 Å². The second-order valence-corrected chi connectivity index (χ2v) is 12.6. The van der Waals surface area contributed by atoms with Crippen molar-refractivity contribution < 1.29 is 0 Å². The molecular formula is C34H28BrN3OS. The zero-order chi connectivity index (χ0) is 27.5. The van der Waals surface area contributed by atoms with Crippen LogP contribution in [0.2, 0.25) is 0 Å². The van der Waals surface area contributed by atoms with E-state index >= 15 is 0 Å². The smallest absolute Gasteiger partial charge is 0.271 e. The summed E-state index contributed by atoms with van der Waals surface area (Å²) < 4.78 is 5.91. The van der Waals surface area contributed by atoms with Crippen molar-refractivity contribution in [2.75, 3.05) is 0 Å². The summed E-state index contributed by atoms with van der Waals surface area (Å²) in [5.41, 5.74) is 11.5. The molecule has 1 aliphatic heterocycles. The lowest BCUT2D eigenvalue weighted by Gasteiger charge is -2.30. The minimum atomic E-state index is -0.171. The molecule has 2 aliphatic rings. The third kappa shape index (κ3) is 4.09. The minimum absolute atomic E-state index is 0.0159. The van der Waals surface area contributed by atoms with Crippen LogP contribution in [0.5, 0.6) is 0 Å². The number of aryl methyl sites for hydroxylation is 3. The van der Waals surface area contributed by atoms with E-state index in [4.69, 9.17) is 4.99 Å². The molecule has 0 amide bonds. The average molecular weight is 607 g/mol. The maximum absolute atomic E-state index is 14.1. The maximum atomic E-state index is 14.1. The molecule has 0 N–H and O–H groups in total. The van der Waals surface area contributed by atoms with Gasteiger partial charge in [0.05, 0.1) is 16.3 Å². The van der Waals surface area contributed by atoms with Gasteiger partial charge in [-0.3, -0.25) is 9.36 Å². The number of halogens is 1. The highest BCUT2D eigenvalue weighted by atomic mass is 79.9. The number of nitrogens with zero attached hydrogens (tertiary/aromatic N) is 3. The summed E-state index contributed by atoms with van der Waals surface area (Å²) in [6, 6.07) is 27.5. The van der Waals surface area contributed by atoms with Crippen LogP contribution in [-0.2, 0) is 6.42 Å². The number of benzene rings is 3. The molecule has 2 aromatic heterocycles. The second-order valence-electron chi connectivity index (χ2n) is 10.7. The van der Waals surface area contributed by atoms with Crippen LogP contribution in [0.15, 0.2) is 98.7 Å². The fourth-order valence-electron chi connectivity index (χ4n) is 6.13. The van der Waals surface area contributed by atoms with Gasteiger partial charge < -0.3 is 4.57 Å². The lowest BCUT2D eigenvalue weighted by atomic mass is 9.83. The van der Waals surface area contributed by atoms with Crippen molar-refractivity contribution in [1.29, 1.82) is 0 Å². The monoisotopic (exact) mass is 605 g/mol. The Morgan fingerprint density at radius 3 is 2.48 bits per heavy atom. The Kier molecular flexibility index (Phi) is 6.13. The molecule has 0 spiro atoms. The molecule has 5 aromatic rings. The summed E-state index contributed by atoms with van der Waals surface area (Å²) >= 11 is 5.06. The molecule has 0 saturated carbocycles. The Labute approximate surface area is 245 Å². The number of allylic oxidation sites excluding steroid dienone is 1. The van der Waals surface area contributed by atoms with E-state index in [1.54, 1.807) is 0 Å². The fourth-order valence-corrected chi connectivity index (χ4v) is 7.39. The van der Waals surface area contributed by atoms with Gasteiger partial charge in [0.1, 0.15) is 0 Å². The first-order valence-electron chi connectivity index (χ1n) is 13.5. The normalized spacial score (nSPS) is 16.4. The zero-order valence-corrected chi connectivity index (χ0v) is 25.0. The van der Waals surface area contributed by atoms with E-state index in [0.29, 0.717) is 4.53 Å². The van der Waals surface area contributed by atoms with E-state index in [1.807, 2.05) is 10.6 Å². The molecule has 1 aliphatic carbocycles. The molecule has 6 heteroatoms. The molecule has 4 nitrogen and oxygen atoms in total. The van der Waals surface area contributed by atoms with Gasteiger partial charge in [-0.05, 0) is 92.3 Å². The van der Waals surface area contributed by atoms with Gasteiger partial charge in [-0.2, -0.15) is 0 Å². The molecule has 0 saturated heterocycles. The molecule has 198 valence electrons. The maximum Gasteiger partial charge on any atom is 0.271 e. The molecule has 7 rings (SSSR count). The first kappa shape index (κ1) is 25.2. The van der Waals surface area contributed by atoms with E-state index in [9.17, 15) is 4.79 Å². The van der Waals surface area contributed by atoms with Crippen LogP contribution in [0, 0.1) is 20.8 Å². The van der Waals surface area contributed by atoms with E-state index in [1.165, 1.54) is 33.6 Å². The molecule has 0 fully saturated rings. The van der Waals surface area contributed by atoms with Crippen molar-refractivity contribution in [3.63, 3.8) is 0 Å². The highest BCUT2D eigenvalue weighted by molar-refractivity contribution is 9.10. The predicted molar refractivity (Wildman–Crippen MR) is 167 cm³/mol. The zero-order valence-electron chi connectivity index (χ0n) is 22.6. The van der Waals surface area contributed by atoms with Crippen LogP contribution < -0.4 is 14.9 Å². The molecule has 3 heterocycles. The summed E-state index contributed by atoms with van der Waals surface area (Å²) in [7, 11) is 0. The van der Waals surface area contributed by atoms with Gasteiger partial charge in [0.2, 0.25) is 0 Å².